The summed E-state index contributed by atoms with van der Waals surface area (Å²) < 4.78 is 10.6. The van der Waals surface area contributed by atoms with Crippen LogP contribution in [-0.2, 0) is 9.47 Å². The molecule has 12 heavy (non-hydrogen) atoms. The smallest absolute Gasteiger partial charge is 0.101 e. The zero-order valence-corrected chi connectivity index (χ0v) is 8.13. The first kappa shape index (κ1) is 9.49. The number of rotatable bonds is 2. The van der Waals surface area contributed by atoms with Crippen LogP contribution in [-0.4, -0.2) is 25.4 Å². The number of ether oxygens (including phenoxy) is 2. The highest BCUT2D eigenvalue weighted by molar-refractivity contribution is 5.27. The van der Waals surface area contributed by atoms with E-state index in [1.165, 1.54) is 0 Å². The van der Waals surface area contributed by atoms with Crippen LogP contribution in [0.3, 0.4) is 0 Å². The van der Waals surface area contributed by atoms with Crippen molar-refractivity contribution in [1.82, 2.24) is 0 Å². The van der Waals surface area contributed by atoms with E-state index < -0.39 is 0 Å². The van der Waals surface area contributed by atoms with Crippen LogP contribution in [0.5, 0.6) is 0 Å². The summed E-state index contributed by atoms with van der Waals surface area (Å²) in [5, 5.41) is 0. The van der Waals surface area contributed by atoms with Crippen LogP contribution in [0.15, 0.2) is 24.3 Å². The lowest BCUT2D eigenvalue weighted by molar-refractivity contribution is 0.0616. The fourth-order valence-electron chi connectivity index (χ4n) is 1.05. The van der Waals surface area contributed by atoms with Gasteiger partial charge in [0.2, 0.25) is 0 Å². The molecule has 0 saturated carbocycles. The number of methoxy groups -OCH3 is 2. The van der Waals surface area contributed by atoms with Gasteiger partial charge >= 0.3 is 0 Å². The lowest BCUT2D eigenvalue weighted by Gasteiger charge is -2.30. The van der Waals surface area contributed by atoms with Crippen LogP contribution in [0.4, 0.5) is 0 Å². The van der Waals surface area contributed by atoms with Gasteiger partial charge in [-0.3, -0.25) is 0 Å². The van der Waals surface area contributed by atoms with Gasteiger partial charge in [0.15, 0.2) is 0 Å². The molecular weight excluding hydrogens is 152 g/mol. The van der Waals surface area contributed by atoms with Crippen LogP contribution in [0, 0.1) is 0 Å². The third-order valence-electron chi connectivity index (χ3n) is 2.37. The Hall–Kier alpha value is -0.600. The predicted molar refractivity (Wildman–Crippen MR) is 49.1 cm³/mol. The summed E-state index contributed by atoms with van der Waals surface area (Å²) in [5.41, 5.74) is -0.532. The first-order chi connectivity index (χ1) is 5.54. The third kappa shape index (κ3) is 1.76. The minimum Gasteiger partial charge on any atom is -0.370 e. The van der Waals surface area contributed by atoms with Crippen molar-refractivity contribution in [2.45, 2.75) is 25.0 Å². The van der Waals surface area contributed by atoms with E-state index in [0.29, 0.717) is 0 Å². The topological polar surface area (TPSA) is 18.5 Å². The highest BCUT2D eigenvalue weighted by Gasteiger charge is 2.26. The summed E-state index contributed by atoms with van der Waals surface area (Å²) in [6.07, 6.45) is 8.04. The van der Waals surface area contributed by atoms with Crippen LogP contribution in [0.2, 0.25) is 0 Å². The Labute approximate surface area is 73.9 Å². The second-order valence-corrected chi connectivity index (χ2v) is 3.44. The lowest BCUT2D eigenvalue weighted by Crippen LogP contribution is -2.31. The molecule has 0 aliphatic heterocycles. The van der Waals surface area contributed by atoms with Gasteiger partial charge in [-0.2, -0.15) is 0 Å². The van der Waals surface area contributed by atoms with E-state index in [2.05, 4.69) is 0 Å². The molecule has 0 bridgehead atoms. The molecule has 0 spiro atoms. The minimum absolute atomic E-state index is 0.266. The molecule has 2 nitrogen and oxygen atoms in total. The molecule has 1 aliphatic rings. The van der Waals surface area contributed by atoms with Crippen molar-refractivity contribution < 1.29 is 9.47 Å². The molecule has 0 atom stereocenters. The van der Waals surface area contributed by atoms with Gasteiger partial charge in [0, 0.05) is 14.2 Å². The van der Waals surface area contributed by atoms with E-state index in [1.54, 1.807) is 14.2 Å². The van der Waals surface area contributed by atoms with Crippen molar-refractivity contribution in [3.8, 4) is 0 Å². The fourth-order valence-corrected chi connectivity index (χ4v) is 1.05. The van der Waals surface area contributed by atoms with Gasteiger partial charge in [0.1, 0.15) is 11.2 Å². The Kier molecular flexibility index (Phi) is 2.40. The molecule has 1 aliphatic carbocycles. The van der Waals surface area contributed by atoms with E-state index in [1.807, 2.05) is 38.2 Å². The highest BCUT2D eigenvalue weighted by Crippen LogP contribution is 2.25. The van der Waals surface area contributed by atoms with E-state index in [4.69, 9.17) is 9.47 Å². The highest BCUT2D eigenvalue weighted by atomic mass is 16.5. The fraction of sp³-hybridized carbons (Fsp3) is 0.600. The molecule has 0 unspecified atom stereocenters. The summed E-state index contributed by atoms with van der Waals surface area (Å²) in [4.78, 5) is 0. The summed E-state index contributed by atoms with van der Waals surface area (Å²) in [7, 11) is 3.40. The Bertz CT molecular complexity index is 180. The van der Waals surface area contributed by atoms with Crippen molar-refractivity contribution in [3.05, 3.63) is 24.3 Å². The van der Waals surface area contributed by atoms with Crippen molar-refractivity contribution in [2.75, 3.05) is 14.2 Å². The van der Waals surface area contributed by atoms with Crippen LogP contribution in [0.1, 0.15) is 13.8 Å². The zero-order chi connectivity index (χ0) is 9.24. The van der Waals surface area contributed by atoms with Gasteiger partial charge in [-0.05, 0) is 13.8 Å². The van der Waals surface area contributed by atoms with Gasteiger partial charge in [-0.25, -0.2) is 0 Å². The molecule has 0 fully saturated rings. The van der Waals surface area contributed by atoms with Crippen molar-refractivity contribution >= 4 is 0 Å². The largest absolute Gasteiger partial charge is 0.370 e. The molecule has 0 aromatic heterocycles. The van der Waals surface area contributed by atoms with E-state index in [9.17, 15) is 0 Å². The molecular formula is C10H16O2. The molecule has 0 N–H and O–H groups in total. The molecule has 68 valence electrons. The maximum atomic E-state index is 5.29. The van der Waals surface area contributed by atoms with Gasteiger partial charge in [0.05, 0.1) is 0 Å². The van der Waals surface area contributed by atoms with Crippen molar-refractivity contribution in [3.63, 3.8) is 0 Å². The average molecular weight is 168 g/mol. The number of hydrogen-bond acceptors (Lipinski definition) is 2. The summed E-state index contributed by atoms with van der Waals surface area (Å²) in [6, 6.07) is 0. The molecule has 0 amide bonds. The SMILES string of the molecule is COC1(C)C=CC(C)(OC)C=C1. The van der Waals surface area contributed by atoms with Gasteiger partial charge < -0.3 is 9.47 Å². The molecule has 2 heteroatoms. The maximum absolute atomic E-state index is 5.29. The quantitative estimate of drug-likeness (QED) is 0.586. The third-order valence-corrected chi connectivity index (χ3v) is 2.37. The molecule has 0 aromatic rings. The average Bonchev–Trinajstić information content (AvgIpc) is 2.11. The zero-order valence-electron chi connectivity index (χ0n) is 8.13. The molecule has 0 heterocycles. The molecule has 0 radical (unpaired) electrons. The predicted octanol–water partition coefficient (Wildman–Crippen LogP) is 1.92. The normalized spacial score (nSPS) is 40.3. The van der Waals surface area contributed by atoms with Crippen LogP contribution >= 0.6 is 0 Å². The van der Waals surface area contributed by atoms with Gasteiger partial charge in [-0.1, -0.05) is 24.3 Å². The van der Waals surface area contributed by atoms with E-state index in [-0.39, 0.29) is 11.2 Å². The second kappa shape index (κ2) is 3.04. The van der Waals surface area contributed by atoms with Crippen LogP contribution < -0.4 is 0 Å². The first-order valence-corrected chi connectivity index (χ1v) is 4.05. The summed E-state index contributed by atoms with van der Waals surface area (Å²) in [5.74, 6) is 0. The maximum Gasteiger partial charge on any atom is 0.101 e. The Morgan fingerprint density at radius 3 is 1.17 bits per heavy atom. The second-order valence-electron chi connectivity index (χ2n) is 3.44. The lowest BCUT2D eigenvalue weighted by atomic mass is 9.92. The minimum atomic E-state index is -0.266. The summed E-state index contributed by atoms with van der Waals surface area (Å²) >= 11 is 0. The van der Waals surface area contributed by atoms with E-state index >= 15 is 0 Å². The van der Waals surface area contributed by atoms with Crippen molar-refractivity contribution in [2.24, 2.45) is 0 Å². The Morgan fingerprint density at radius 2 is 1.00 bits per heavy atom. The van der Waals surface area contributed by atoms with Gasteiger partial charge in [-0.15, -0.1) is 0 Å². The Morgan fingerprint density at radius 1 is 0.750 bits per heavy atom. The van der Waals surface area contributed by atoms with Gasteiger partial charge in [0.25, 0.3) is 0 Å². The summed E-state index contributed by atoms with van der Waals surface area (Å²) in [6.45, 7) is 4.02. The number of hydrogen-bond donors (Lipinski definition) is 0. The molecule has 1 rings (SSSR count). The Balaban J connectivity index is 2.79. The monoisotopic (exact) mass is 168 g/mol. The first-order valence-electron chi connectivity index (χ1n) is 4.05. The standard InChI is InChI=1S/C10H16O2/c1-9(11-3)5-7-10(2,12-4)8-6-9/h5-8H,1-4H3. The molecule has 0 aromatic carbocycles. The molecule has 0 saturated heterocycles. The van der Waals surface area contributed by atoms with Crippen molar-refractivity contribution in [1.29, 1.82) is 0 Å². The van der Waals surface area contributed by atoms with Crippen LogP contribution in [0.25, 0.3) is 0 Å². The van der Waals surface area contributed by atoms with E-state index in [0.717, 1.165) is 0 Å².